The maximum atomic E-state index is 11.5. The number of carbonyl (C=O) groups is 1. The van der Waals surface area contributed by atoms with Crippen molar-refractivity contribution >= 4 is 17.2 Å². The molecule has 24 heavy (non-hydrogen) atoms. The second-order valence-electron chi connectivity index (χ2n) is 6.38. The normalized spacial score (nSPS) is 14.4. The molecule has 0 fully saturated rings. The zero-order chi connectivity index (χ0) is 16.8. The lowest BCUT2D eigenvalue weighted by molar-refractivity contribution is -0.116. The van der Waals surface area contributed by atoms with Crippen LogP contribution in [0.15, 0.2) is 43.0 Å². The minimum atomic E-state index is 0.115. The smallest absolute Gasteiger partial charge is 0.224 e. The summed E-state index contributed by atoms with van der Waals surface area (Å²) in [6.45, 7) is 3.06. The molecule has 1 aliphatic rings. The molecule has 0 saturated carbocycles. The number of hydrogen-bond acceptors (Lipinski definition) is 2. The molecule has 0 atom stereocenters. The van der Waals surface area contributed by atoms with Gasteiger partial charge in [0.2, 0.25) is 5.91 Å². The van der Waals surface area contributed by atoms with Crippen LogP contribution in [0.2, 0.25) is 0 Å². The molecule has 1 aliphatic heterocycles. The van der Waals surface area contributed by atoms with Crippen LogP contribution in [0.3, 0.4) is 0 Å². The van der Waals surface area contributed by atoms with Gasteiger partial charge in [0.25, 0.3) is 0 Å². The standard InChI is InChI=1S/C20H25N3O/c1-2-3-4-5-6-18(14-23-12-11-21-15-23)16-7-9-19-17(13-16)8-10-20(24)22-19/h6-7,9,11-13,15H,2-5,8,10,14H2,1H3,(H,22,24). The molecule has 1 amide bonds. The molecule has 0 unspecified atom stereocenters. The predicted molar refractivity (Wildman–Crippen MR) is 97.7 cm³/mol. The van der Waals surface area contributed by atoms with Gasteiger partial charge in [-0.25, -0.2) is 4.98 Å². The number of amides is 1. The number of aryl methyl sites for hydroxylation is 1. The van der Waals surface area contributed by atoms with Gasteiger partial charge in [0, 0.05) is 31.0 Å². The van der Waals surface area contributed by atoms with Crippen LogP contribution in [-0.4, -0.2) is 15.5 Å². The maximum Gasteiger partial charge on any atom is 0.224 e. The van der Waals surface area contributed by atoms with Gasteiger partial charge in [-0.2, -0.15) is 0 Å². The quantitative estimate of drug-likeness (QED) is 0.766. The van der Waals surface area contributed by atoms with E-state index >= 15 is 0 Å². The molecular weight excluding hydrogens is 298 g/mol. The largest absolute Gasteiger partial charge is 0.333 e. The number of benzene rings is 1. The van der Waals surface area contributed by atoms with Gasteiger partial charge in [-0.1, -0.05) is 31.9 Å². The molecular formula is C20H25N3O. The fourth-order valence-corrected chi connectivity index (χ4v) is 3.10. The molecule has 1 aromatic carbocycles. The highest BCUT2D eigenvalue weighted by molar-refractivity contribution is 5.94. The number of nitrogens with zero attached hydrogens (tertiary/aromatic N) is 2. The Morgan fingerprint density at radius 3 is 3.04 bits per heavy atom. The topological polar surface area (TPSA) is 46.9 Å². The van der Waals surface area contributed by atoms with Crippen molar-refractivity contribution in [2.45, 2.75) is 52.0 Å². The van der Waals surface area contributed by atoms with Crippen LogP contribution in [0.25, 0.3) is 5.57 Å². The number of fused-ring (bicyclic) bond motifs is 1. The lowest BCUT2D eigenvalue weighted by Gasteiger charge is -2.19. The van der Waals surface area contributed by atoms with E-state index < -0.39 is 0 Å². The van der Waals surface area contributed by atoms with Crippen molar-refractivity contribution in [3.63, 3.8) is 0 Å². The molecule has 0 aliphatic carbocycles. The molecule has 0 spiro atoms. The average Bonchev–Trinajstić information content (AvgIpc) is 3.10. The first kappa shape index (κ1) is 16.5. The average molecular weight is 323 g/mol. The van der Waals surface area contributed by atoms with Gasteiger partial charge in [0.05, 0.1) is 6.33 Å². The number of nitrogens with one attached hydrogen (secondary N) is 1. The zero-order valence-corrected chi connectivity index (χ0v) is 14.3. The Labute approximate surface area is 143 Å². The molecule has 126 valence electrons. The summed E-state index contributed by atoms with van der Waals surface area (Å²) in [5.74, 6) is 0.115. The Kier molecular flexibility index (Phi) is 5.47. The van der Waals surface area contributed by atoms with Crippen LogP contribution in [0.5, 0.6) is 0 Å². The fourth-order valence-electron chi connectivity index (χ4n) is 3.10. The Bertz CT molecular complexity index is 716. The van der Waals surface area contributed by atoms with Gasteiger partial charge in [0.1, 0.15) is 0 Å². The van der Waals surface area contributed by atoms with Gasteiger partial charge in [-0.05, 0) is 48.1 Å². The van der Waals surface area contributed by atoms with E-state index in [9.17, 15) is 4.79 Å². The van der Waals surface area contributed by atoms with Gasteiger partial charge in [-0.15, -0.1) is 0 Å². The Morgan fingerprint density at radius 1 is 1.33 bits per heavy atom. The molecule has 0 saturated heterocycles. The Hall–Kier alpha value is -2.36. The number of carbonyl (C=O) groups excluding carboxylic acids is 1. The maximum absolute atomic E-state index is 11.5. The van der Waals surface area contributed by atoms with Gasteiger partial charge in [-0.3, -0.25) is 4.79 Å². The van der Waals surface area contributed by atoms with Crippen molar-refractivity contribution < 1.29 is 4.79 Å². The lowest BCUT2D eigenvalue weighted by atomic mass is 9.96. The SMILES string of the molecule is CCCCCC=C(Cn1ccnc1)c1ccc2c(c1)CCC(=O)N2. The number of anilines is 1. The Morgan fingerprint density at radius 2 is 2.25 bits per heavy atom. The second kappa shape index (κ2) is 7.95. The van der Waals surface area contributed by atoms with E-state index in [0.717, 1.165) is 25.1 Å². The summed E-state index contributed by atoms with van der Waals surface area (Å²) >= 11 is 0. The molecule has 4 heteroatoms. The molecule has 0 bridgehead atoms. The zero-order valence-electron chi connectivity index (χ0n) is 14.3. The number of allylic oxidation sites excluding steroid dienone is 2. The molecule has 0 radical (unpaired) electrons. The van der Waals surface area contributed by atoms with Gasteiger partial charge >= 0.3 is 0 Å². The van der Waals surface area contributed by atoms with Crippen LogP contribution in [0.4, 0.5) is 5.69 Å². The van der Waals surface area contributed by atoms with Crippen molar-refractivity contribution in [2.75, 3.05) is 5.32 Å². The minimum Gasteiger partial charge on any atom is -0.333 e. The molecule has 3 rings (SSSR count). The van der Waals surface area contributed by atoms with Crippen LogP contribution in [0.1, 0.15) is 50.2 Å². The summed E-state index contributed by atoms with van der Waals surface area (Å²) in [6, 6.07) is 6.39. The first-order valence-electron chi connectivity index (χ1n) is 8.84. The van der Waals surface area contributed by atoms with E-state index in [1.165, 1.54) is 36.0 Å². The monoisotopic (exact) mass is 323 g/mol. The molecule has 4 nitrogen and oxygen atoms in total. The minimum absolute atomic E-state index is 0.115. The van der Waals surface area contributed by atoms with E-state index in [0.29, 0.717) is 6.42 Å². The molecule has 1 aromatic heterocycles. The molecule has 2 heterocycles. The van der Waals surface area contributed by atoms with Crippen molar-refractivity contribution in [3.8, 4) is 0 Å². The summed E-state index contributed by atoms with van der Waals surface area (Å²) < 4.78 is 2.10. The summed E-state index contributed by atoms with van der Waals surface area (Å²) in [6.07, 6.45) is 14.3. The number of hydrogen-bond donors (Lipinski definition) is 1. The fraction of sp³-hybridized carbons (Fsp3) is 0.400. The third-order valence-corrected chi connectivity index (χ3v) is 4.48. The first-order chi connectivity index (χ1) is 11.8. The third kappa shape index (κ3) is 4.13. The Balaban J connectivity index is 1.82. The lowest BCUT2D eigenvalue weighted by Crippen LogP contribution is -2.19. The molecule has 1 N–H and O–H groups in total. The van der Waals surface area contributed by atoms with E-state index in [2.05, 4.69) is 40.0 Å². The molecule has 2 aromatic rings. The van der Waals surface area contributed by atoms with E-state index in [1.54, 1.807) is 0 Å². The second-order valence-corrected chi connectivity index (χ2v) is 6.38. The van der Waals surface area contributed by atoms with Crippen molar-refractivity contribution in [1.82, 2.24) is 9.55 Å². The number of rotatable bonds is 7. The highest BCUT2D eigenvalue weighted by Gasteiger charge is 2.15. The highest BCUT2D eigenvalue weighted by atomic mass is 16.1. The van der Waals surface area contributed by atoms with Crippen LogP contribution >= 0.6 is 0 Å². The number of aromatic nitrogens is 2. The van der Waals surface area contributed by atoms with Gasteiger partial charge in [0.15, 0.2) is 0 Å². The number of imidazole rings is 1. The van der Waals surface area contributed by atoms with E-state index in [1.807, 2.05) is 24.8 Å². The van der Waals surface area contributed by atoms with E-state index in [4.69, 9.17) is 0 Å². The first-order valence-corrected chi connectivity index (χ1v) is 8.84. The summed E-state index contributed by atoms with van der Waals surface area (Å²) in [5, 5.41) is 2.96. The third-order valence-electron chi connectivity index (χ3n) is 4.48. The highest BCUT2D eigenvalue weighted by Crippen LogP contribution is 2.27. The summed E-state index contributed by atoms with van der Waals surface area (Å²) in [7, 11) is 0. The van der Waals surface area contributed by atoms with Crippen molar-refractivity contribution in [2.24, 2.45) is 0 Å². The van der Waals surface area contributed by atoms with Crippen LogP contribution in [-0.2, 0) is 17.8 Å². The van der Waals surface area contributed by atoms with Crippen molar-refractivity contribution in [1.29, 1.82) is 0 Å². The van der Waals surface area contributed by atoms with Crippen molar-refractivity contribution in [3.05, 3.63) is 54.1 Å². The van der Waals surface area contributed by atoms with Gasteiger partial charge < -0.3 is 9.88 Å². The van der Waals surface area contributed by atoms with E-state index in [-0.39, 0.29) is 5.91 Å². The number of unbranched alkanes of at least 4 members (excludes halogenated alkanes) is 3. The summed E-state index contributed by atoms with van der Waals surface area (Å²) in [4.78, 5) is 15.7. The van der Waals surface area contributed by atoms with Crippen LogP contribution < -0.4 is 5.32 Å². The predicted octanol–water partition coefficient (Wildman–Crippen LogP) is 4.43. The summed E-state index contributed by atoms with van der Waals surface area (Å²) in [5.41, 5.74) is 4.76. The van der Waals surface area contributed by atoms with Crippen LogP contribution in [0, 0.1) is 0 Å².